The number of nitrogens with one attached hydrogen (secondary N) is 2. The van der Waals surface area contributed by atoms with Crippen molar-refractivity contribution in [2.24, 2.45) is 0 Å². The summed E-state index contributed by atoms with van der Waals surface area (Å²) in [6.07, 6.45) is -0.981. The third-order valence-corrected chi connectivity index (χ3v) is 3.99. The van der Waals surface area contributed by atoms with Gasteiger partial charge in [-0.05, 0) is 36.4 Å². The second kappa shape index (κ2) is 8.80. The number of hydrogen-bond donors (Lipinski definition) is 3. The van der Waals surface area contributed by atoms with E-state index in [1.165, 1.54) is 20.3 Å². The predicted molar refractivity (Wildman–Crippen MR) is 98.0 cm³/mol. The number of rotatable bonds is 6. The number of hydrogen-bond acceptors (Lipinski definition) is 4. The van der Waals surface area contributed by atoms with Crippen LogP contribution in [0.3, 0.4) is 0 Å². The molecule has 1 atom stereocenters. The molecule has 6 nitrogen and oxygen atoms in total. The molecular formula is C17H18Cl2N2O4. The van der Waals surface area contributed by atoms with E-state index < -0.39 is 12.1 Å². The fourth-order valence-corrected chi connectivity index (χ4v) is 2.50. The summed E-state index contributed by atoms with van der Waals surface area (Å²) in [5.74, 6) is 1.07. The summed E-state index contributed by atoms with van der Waals surface area (Å²) >= 11 is 11.9. The molecule has 0 aromatic heterocycles. The molecule has 2 rings (SSSR count). The predicted octanol–water partition coefficient (Wildman–Crippen LogP) is 3.87. The van der Waals surface area contributed by atoms with Crippen LogP contribution in [0.1, 0.15) is 11.7 Å². The summed E-state index contributed by atoms with van der Waals surface area (Å²) < 4.78 is 10.4. The Balaban J connectivity index is 2.00. The Morgan fingerprint density at radius 2 is 1.92 bits per heavy atom. The zero-order valence-corrected chi connectivity index (χ0v) is 15.2. The number of aliphatic hydroxyl groups is 1. The van der Waals surface area contributed by atoms with Crippen LogP contribution in [0.15, 0.2) is 36.4 Å². The number of aliphatic hydroxyl groups excluding tert-OH is 1. The maximum Gasteiger partial charge on any atom is 0.319 e. The van der Waals surface area contributed by atoms with Gasteiger partial charge in [-0.25, -0.2) is 4.79 Å². The zero-order valence-electron chi connectivity index (χ0n) is 13.7. The average molecular weight is 385 g/mol. The monoisotopic (exact) mass is 384 g/mol. The van der Waals surface area contributed by atoms with Gasteiger partial charge in [-0.3, -0.25) is 0 Å². The highest BCUT2D eigenvalue weighted by Gasteiger charge is 2.16. The number of anilines is 1. The number of urea groups is 1. The van der Waals surface area contributed by atoms with Crippen molar-refractivity contribution < 1.29 is 19.4 Å². The van der Waals surface area contributed by atoms with Crippen molar-refractivity contribution in [3.63, 3.8) is 0 Å². The molecule has 2 aromatic carbocycles. The van der Waals surface area contributed by atoms with E-state index in [0.29, 0.717) is 32.8 Å². The van der Waals surface area contributed by atoms with Gasteiger partial charge >= 0.3 is 6.03 Å². The minimum Gasteiger partial charge on any atom is -0.497 e. The molecule has 0 fully saturated rings. The molecule has 0 saturated heterocycles. The highest BCUT2D eigenvalue weighted by atomic mass is 35.5. The molecule has 8 heteroatoms. The zero-order chi connectivity index (χ0) is 18.4. The summed E-state index contributed by atoms with van der Waals surface area (Å²) in [6.45, 7) is -0.0342. The maximum absolute atomic E-state index is 12.0. The molecule has 0 unspecified atom stereocenters. The van der Waals surface area contributed by atoms with E-state index in [1.807, 2.05) is 0 Å². The molecule has 2 aromatic rings. The van der Waals surface area contributed by atoms with E-state index in [0.717, 1.165) is 0 Å². The van der Waals surface area contributed by atoms with Crippen molar-refractivity contribution >= 4 is 34.9 Å². The molecule has 0 aliphatic carbocycles. The van der Waals surface area contributed by atoms with E-state index in [9.17, 15) is 9.90 Å². The third kappa shape index (κ3) is 5.16. The van der Waals surface area contributed by atoms with Crippen molar-refractivity contribution in [2.45, 2.75) is 6.10 Å². The van der Waals surface area contributed by atoms with E-state index in [1.54, 1.807) is 30.3 Å². The molecule has 2 amide bonds. The van der Waals surface area contributed by atoms with Crippen LogP contribution in [-0.2, 0) is 0 Å². The lowest BCUT2D eigenvalue weighted by molar-refractivity contribution is 0.170. The lowest BCUT2D eigenvalue weighted by Gasteiger charge is -2.17. The lowest BCUT2D eigenvalue weighted by atomic mass is 10.1. The number of carbonyl (C=O) groups is 1. The van der Waals surface area contributed by atoms with E-state index in [4.69, 9.17) is 32.7 Å². The largest absolute Gasteiger partial charge is 0.497 e. The first-order valence-electron chi connectivity index (χ1n) is 7.34. The van der Waals surface area contributed by atoms with Gasteiger partial charge in [0.2, 0.25) is 0 Å². The van der Waals surface area contributed by atoms with Gasteiger partial charge in [-0.15, -0.1) is 0 Å². The fourth-order valence-electron chi connectivity index (χ4n) is 2.16. The van der Waals surface area contributed by atoms with Gasteiger partial charge < -0.3 is 25.2 Å². The Labute approximate surface area is 155 Å². The van der Waals surface area contributed by atoms with E-state index >= 15 is 0 Å². The summed E-state index contributed by atoms with van der Waals surface area (Å²) in [5, 5.41) is 16.3. The second-order valence-electron chi connectivity index (χ2n) is 5.08. The first-order chi connectivity index (χ1) is 11.9. The van der Waals surface area contributed by atoms with Crippen LogP contribution in [0.4, 0.5) is 10.5 Å². The number of carbonyl (C=O) groups excluding carboxylic acids is 1. The standard InChI is InChI=1S/C17H18Cl2N2O4/c1-24-11-4-6-16(25-2)12(8-11)15(22)9-20-17(23)21-14-7-10(18)3-5-13(14)19/h3-8,15,22H,9H2,1-2H3,(H2,20,21,23)/t15-/m0/s1. The summed E-state index contributed by atoms with van der Waals surface area (Å²) in [4.78, 5) is 12.0. The molecule has 0 saturated carbocycles. The second-order valence-corrected chi connectivity index (χ2v) is 5.93. The average Bonchev–Trinajstić information content (AvgIpc) is 2.62. The van der Waals surface area contributed by atoms with Gasteiger partial charge in [-0.2, -0.15) is 0 Å². The number of methoxy groups -OCH3 is 2. The molecule has 0 spiro atoms. The summed E-state index contributed by atoms with van der Waals surface area (Å²) in [7, 11) is 3.03. The minimum absolute atomic E-state index is 0.0342. The molecule has 25 heavy (non-hydrogen) atoms. The van der Waals surface area contributed by atoms with Gasteiger partial charge in [0.1, 0.15) is 17.6 Å². The van der Waals surface area contributed by atoms with Gasteiger partial charge in [0, 0.05) is 17.1 Å². The fraction of sp³-hybridized carbons (Fsp3) is 0.235. The molecule has 0 radical (unpaired) electrons. The quantitative estimate of drug-likeness (QED) is 0.706. The van der Waals surface area contributed by atoms with Crippen molar-refractivity contribution in [1.29, 1.82) is 0 Å². The maximum atomic E-state index is 12.0. The van der Waals surface area contributed by atoms with Crippen LogP contribution in [-0.4, -0.2) is 31.9 Å². The van der Waals surface area contributed by atoms with Crippen LogP contribution in [0, 0.1) is 0 Å². The molecular weight excluding hydrogens is 367 g/mol. The first kappa shape index (κ1) is 19.2. The summed E-state index contributed by atoms with van der Waals surface area (Å²) in [6, 6.07) is 9.26. The highest BCUT2D eigenvalue weighted by molar-refractivity contribution is 6.35. The van der Waals surface area contributed by atoms with Gasteiger partial charge in [0.15, 0.2) is 0 Å². The first-order valence-corrected chi connectivity index (χ1v) is 8.10. The van der Waals surface area contributed by atoms with Crippen molar-refractivity contribution in [1.82, 2.24) is 5.32 Å². The van der Waals surface area contributed by atoms with Crippen molar-refractivity contribution in [3.8, 4) is 11.5 Å². The van der Waals surface area contributed by atoms with Gasteiger partial charge in [-0.1, -0.05) is 23.2 Å². The number of ether oxygens (including phenoxy) is 2. The Morgan fingerprint density at radius 1 is 1.16 bits per heavy atom. The summed E-state index contributed by atoms with van der Waals surface area (Å²) in [5.41, 5.74) is 0.878. The van der Waals surface area contributed by atoms with Gasteiger partial charge in [0.25, 0.3) is 0 Å². The highest BCUT2D eigenvalue weighted by Crippen LogP contribution is 2.29. The van der Waals surface area contributed by atoms with Crippen molar-refractivity contribution in [2.75, 3.05) is 26.1 Å². The minimum atomic E-state index is -0.981. The molecule has 3 N–H and O–H groups in total. The number of benzene rings is 2. The molecule has 0 bridgehead atoms. The normalized spacial score (nSPS) is 11.6. The number of halogens is 2. The van der Waals surface area contributed by atoms with Gasteiger partial charge in [0.05, 0.1) is 24.9 Å². The van der Waals surface area contributed by atoms with E-state index in [-0.39, 0.29) is 6.54 Å². The van der Waals surface area contributed by atoms with Crippen LogP contribution in [0.25, 0.3) is 0 Å². The Bertz CT molecular complexity index is 755. The van der Waals surface area contributed by atoms with Crippen LogP contribution < -0.4 is 20.1 Å². The lowest BCUT2D eigenvalue weighted by Crippen LogP contribution is -2.32. The SMILES string of the molecule is COc1ccc(OC)c([C@@H](O)CNC(=O)Nc2cc(Cl)ccc2Cl)c1. The number of amides is 2. The molecule has 134 valence electrons. The Hall–Kier alpha value is -2.15. The van der Waals surface area contributed by atoms with Crippen LogP contribution >= 0.6 is 23.2 Å². The third-order valence-electron chi connectivity index (χ3n) is 3.43. The van der Waals surface area contributed by atoms with E-state index in [2.05, 4.69) is 10.6 Å². The van der Waals surface area contributed by atoms with Crippen molar-refractivity contribution in [3.05, 3.63) is 52.0 Å². The molecule has 0 aliphatic heterocycles. The smallest absolute Gasteiger partial charge is 0.319 e. The Kier molecular flexibility index (Phi) is 6.75. The van der Waals surface area contributed by atoms with Crippen LogP contribution in [0.5, 0.6) is 11.5 Å². The molecule has 0 aliphatic rings. The Morgan fingerprint density at radius 3 is 2.60 bits per heavy atom. The molecule has 0 heterocycles. The topological polar surface area (TPSA) is 79.8 Å². The van der Waals surface area contributed by atoms with Crippen LogP contribution in [0.2, 0.25) is 10.0 Å².